The number of hydrazone groups is 1. The van der Waals surface area contributed by atoms with E-state index in [1.165, 1.54) is 13.3 Å². The van der Waals surface area contributed by atoms with E-state index < -0.39 is 0 Å². The smallest absolute Gasteiger partial charge is 0.271 e. The van der Waals surface area contributed by atoms with Gasteiger partial charge in [0.05, 0.1) is 13.3 Å². The van der Waals surface area contributed by atoms with Crippen LogP contribution in [0.3, 0.4) is 0 Å². The average molecular weight is 485 g/mol. The van der Waals surface area contributed by atoms with Gasteiger partial charge in [0.2, 0.25) is 0 Å². The molecule has 3 aromatic carbocycles. The highest BCUT2D eigenvalue weighted by molar-refractivity contribution is 6.35. The minimum atomic E-state index is -0.375. The Labute approximate surface area is 202 Å². The second-order valence-corrected chi connectivity index (χ2v) is 7.60. The van der Waals surface area contributed by atoms with Crippen molar-refractivity contribution in [3.05, 3.63) is 100 Å². The molecule has 0 aromatic heterocycles. The van der Waals surface area contributed by atoms with Gasteiger partial charge in [-0.3, -0.25) is 4.79 Å². The second-order valence-electron chi connectivity index (χ2n) is 6.76. The average Bonchev–Trinajstić information content (AvgIpc) is 2.82. The number of nitrogens with zero attached hydrogens (tertiary/aromatic N) is 1. The van der Waals surface area contributed by atoms with Crippen LogP contribution in [-0.2, 0) is 6.61 Å². The maximum atomic E-state index is 12.4. The van der Waals surface area contributed by atoms with Gasteiger partial charge < -0.3 is 14.2 Å². The van der Waals surface area contributed by atoms with Gasteiger partial charge in [0.25, 0.3) is 5.91 Å². The normalized spacial score (nSPS) is 10.6. The molecule has 1 N–H and O–H groups in total. The monoisotopic (exact) mass is 484 g/mol. The largest absolute Gasteiger partial charge is 0.493 e. The molecule has 6 nitrogen and oxygen atoms in total. The molecule has 0 saturated heterocycles. The number of nitrogens with one attached hydrogen (secondary N) is 1. The molecule has 0 radical (unpaired) electrons. The van der Waals surface area contributed by atoms with Crippen LogP contribution in [0.4, 0.5) is 0 Å². The van der Waals surface area contributed by atoms with Crippen LogP contribution in [0.15, 0.2) is 78.4 Å². The first-order valence-electron chi connectivity index (χ1n) is 9.92. The number of ether oxygens (including phenoxy) is 3. The van der Waals surface area contributed by atoms with E-state index in [2.05, 4.69) is 17.1 Å². The molecule has 33 heavy (non-hydrogen) atoms. The molecular formula is C25H22Cl2N2O4. The Hall–Kier alpha value is -3.48. The molecule has 1 amide bonds. The Balaban J connectivity index is 1.54. The minimum absolute atomic E-state index is 0.320. The summed E-state index contributed by atoms with van der Waals surface area (Å²) in [6.07, 6.45) is 3.17. The van der Waals surface area contributed by atoms with Gasteiger partial charge >= 0.3 is 0 Å². The Bertz CT molecular complexity index is 1150. The summed E-state index contributed by atoms with van der Waals surface area (Å²) in [6, 6.07) is 17.4. The summed E-state index contributed by atoms with van der Waals surface area (Å²) in [7, 11) is 1.51. The standard InChI is InChI=1S/C25H22Cl2N2O4/c1-3-12-32-23-11-7-18(13-24(23)31-2)25(30)29-28-15-17-4-9-21(10-5-17)33-16-19-6-8-20(26)14-22(19)27/h3-11,13-15H,1,12,16H2,2H3,(H,29,30)/b28-15+. The number of hydrogen-bond donors (Lipinski definition) is 1. The number of amides is 1. The van der Waals surface area contributed by atoms with Crippen molar-refractivity contribution < 1.29 is 19.0 Å². The van der Waals surface area contributed by atoms with Crippen molar-refractivity contribution in [3.8, 4) is 17.2 Å². The number of methoxy groups -OCH3 is 1. The van der Waals surface area contributed by atoms with Gasteiger partial charge in [-0.1, -0.05) is 41.9 Å². The second kappa shape index (κ2) is 11.9. The summed E-state index contributed by atoms with van der Waals surface area (Å²) in [5, 5.41) is 5.14. The van der Waals surface area contributed by atoms with Crippen LogP contribution in [0.25, 0.3) is 0 Å². The first-order chi connectivity index (χ1) is 16.0. The molecule has 0 atom stereocenters. The molecule has 0 heterocycles. The van der Waals surface area contributed by atoms with E-state index in [0.717, 1.165) is 11.1 Å². The molecule has 0 bridgehead atoms. The molecule has 0 spiro atoms. The first-order valence-corrected chi connectivity index (χ1v) is 10.7. The Morgan fingerprint density at radius 3 is 2.52 bits per heavy atom. The molecule has 0 unspecified atom stereocenters. The highest BCUT2D eigenvalue weighted by Gasteiger charge is 2.10. The summed E-state index contributed by atoms with van der Waals surface area (Å²) < 4.78 is 16.5. The quantitative estimate of drug-likeness (QED) is 0.220. The minimum Gasteiger partial charge on any atom is -0.493 e. The van der Waals surface area contributed by atoms with Crippen LogP contribution in [0.1, 0.15) is 21.5 Å². The van der Waals surface area contributed by atoms with Gasteiger partial charge in [0.1, 0.15) is 19.0 Å². The van der Waals surface area contributed by atoms with Crippen molar-refractivity contribution >= 4 is 35.3 Å². The fraction of sp³-hybridized carbons (Fsp3) is 0.120. The molecule has 0 fully saturated rings. The van der Waals surface area contributed by atoms with Gasteiger partial charge in [-0.2, -0.15) is 5.10 Å². The van der Waals surface area contributed by atoms with Gasteiger partial charge in [-0.05, 0) is 60.2 Å². The zero-order chi connectivity index (χ0) is 23.6. The molecule has 0 aliphatic rings. The molecule has 170 valence electrons. The number of carbonyl (C=O) groups is 1. The highest BCUT2D eigenvalue weighted by atomic mass is 35.5. The SMILES string of the molecule is C=CCOc1ccc(C(=O)N/N=C/c2ccc(OCc3ccc(Cl)cc3Cl)cc2)cc1OC. The van der Waals surface area contributed by atoms with Gasteiger partial charge in [-0.25, -0.2) is 5.43 Å². The molecule has 0 aliphatic heterocycles. The lowest BCUT2D eigenvalue weighted by atomic mass is 10.2. The van der Waals surface area contributed by atoms with Gasteiger partial charge in [-0.15, -0.1) is 0 Å². The summed E-state index contributed by atoms with van der Waals surface area (Å²) in [4.78, 5) is 12.4. The summed E-state index contributed by atoms with van der Waals surface area (Å²) in [6.45, 7) is 4.26. The van der Waals surface area contributed by atoms with Crippen molar-refractivity contribution in [1.29, 1.82) is 0 Å². The number of rotatable bonds is 10. The molecule has 0 aliphatic carbocycles. The van der Waals surface area contributed by atoms with Crippen molar-refractivity contribution in [2.24, 2.45) is 5.10 Å². The van der Waals surface area contributed by atoms with Gasteiger partial charge in [0.15, 0.2) is 11.5 Å². The Morgan fingerprint density at radius 1 is 1.03 bits per heavy atom. The maximum Gasteiger partial charge on any atom is 0.271 e. The fourth-order valence-corrected chi connectivity index (χ4v) is 3.22. The summed E-state index contributed by atoms with van der Waals surface area (Å²) >= 11 is 12.1. The van der Waals surface area contributed by atoms with Crippen LogP contribution in [0.2, 0.25) is 10.0 Å². The zero-order valence-corrected chi connectivity index (χ0v) is 19.4. The van der Waals surface area contributed by atoms with Crippen molar-refractivity contribution in [2.45, 2.75) is 6.61 Å². The van der Waals surface area contributed by atoms with Crippen LogP contribution >= 0.6 is 23.2 Å². The van der Waals surface area contributed by atoms with E-state index in [-0.39, 0.29) is 5.91 Å². The predicted molar refractivity (Wildman–Crippen MR) is 131 cm³/mol. The fourth-order valence-electron chi connectivity index (χ4n) is 2.76. The number of hydrogen-bond acceptors (Lipinski definition) is 5. The summed E-state index contributed by atoms with van der Waals surface area (Å²) in [5.41, 5.74) is 4.51. The summed E-state index contributed by atoms with van der Waals surface area (Å²) in [5.74, 6) is 1.27. The lowest BCUT2D eigenvalue weighted by Crippen LogP contribution is -2.17. The van der Waals surface area contributed by atoms with E-state index in [1.807, 2.05) is 18.2 Å². The lowest BCUT2D eigenvalue weighted by molar-refractivity contribution is 0.0954. The predicted octanol–water partition coefficient (Wildman–Crippen LogP) is 5.91. The molecule has 3 rings (SSSR count). The van der Waals surface area contributed by atoms with E-state index in [0.29, 0.717) is 46.1 Å². The highest BCUT2D eigenvalue weighted by Crippen LogP contribution is 2.28. The lowest BCUT2D eigenvalue weighted by Gasteiger charge is -2.10. The van der Waals surface area contributed by atoms with Crippen LogP contribution in [-0.4, -0.2) is 25.8 Å². The first kappa shape index (κ1) is 24.2. The third-order valence-corrected chi connectivity index (χ3v) is 5.04. The molecule has 3 aromatic rings. The molecule has 0 saturated carbocycles. The van der Waals surface area contributed by atoms with Crippen LogP contribution in [0, 0.1) is 0 Å². The molecular weight excluding hydrogens is 463 g/mol. The maximum absolute atomic E-state index is 12.4. The van der Waals surface area contributed by atoms with E-state index in [4.69, 9.17) is 37.4 Å². The van der Waals surface area contributed by atoms with E-state index in [9.17, 15) is 4.79 Å². The number of halogens is 2. The van der Waals surface area contributed by atoms with Crippen molar-refractivity contribution in [2.75, 3.05) is 13.7 Å². The third kappa shape index (κ3) is 7.00. The van der Waals surface area contributed by atoms with E-state index >= 15 is 0 Å². The molecule has 8 heteroatoms. The zero-order valence-electron chi connectivity index (χ0n) is 17.9. The number of benzene rings is 3. The van der Waals surface area contributed by atoms with E-state index in [1.54, 1.807) is 48.5 Å². The van der Waals surface area contributed by atoms with Gasteiger partial charge in [0, 0.05) is 21.2 Å². The number of carbonyl (C=O) groups excluding carboxylic acids is 1. The topological polar surface area (TPSA) is 69.2 Å². The van der Waals surface area contributed by atoms with Crippen LogP contribution in [0.5, 0.6) is 17.2 Å². The van der Waals surface area contributed by atoms with Crippen molar-refractivity contribution in [3.63, 3.8) is 0 Å². The third-order valence-electron chi connectivity index (χ3n) is 4.45. The van der Waals surface area contributed by atoms with Crippen molar-refractivity contribution in [1.82, 2.24) is 5.43 Å². The Kier molecular flexibility index (Phi) is 8.75. The van der Waals surface area contributed by atoms with Crippen LogP contribution < -0.4 is 19.6 Å². The Morgan fingerprint density at radius 2 is 1.82 bits per heavy atom.